The summed E-state index contributed by atoms with van der Waals surface area (Å²) < 4.78 is 14.3. The molecule has 0 aliphatic rings. The number of carbonyl (C=O) groups is 2. The van der Waals surface area contributed by atoms with Crippen LogP contribution in [0, 0.1) is 5.82 Å². The van der Waals surface area contributed by atoms with Gasteiger partial charge in [0, 0.05) is 18.3 Å². The second kappa shape index (κ2) is 6.79. The first-order valence-electron chi connectivity index (χ1n) is 6.60. The quantitative estimate of drug-likeness (QED) is 0.650. The molecule has 1 unspecified atom stereocenters. The summed E-state index contributed by atoms with van der Waals surface area (Å²) in [5.41, 5.74) is 6.04. The van der Waals surface area contributed by atoms with E-state index in [-0.39, 0.29) is 27.9 Å². The monoisotopic (exact) mass is 364 g/mol. The van der Waals surface area contributed by atoms with Crippen LogP contribution in [0.5, 0.6) is 0 Å². The van der Waals surface area contributed by atoms with Crippen LogP contribution in [0.25, 0.3) is 0 Å². The fourth-order valence-corrected chi connectivity index (χ4v) is 2.51. The number of carbonyl (C=O) groups excluding carboxylic acids is 2. The Hall–Kier alpha value is -2.08. The van der Waals surface area contributed by atoms with Gasteiger partial charge in [-0.25, -0.2) is 4.39 Å². The van der Waals surface area contributed by atoms with Gasteiger partial charge in [-0.05, 0) is 47.1 Å². The van der Waals surface area contributed by atoms with Crippen molar-refractivity contribution in [3.63, 3.8) is 0 Å². The maximum Gasteiger partial charge on any atom is 0.169 e. The summed E-state index contributed by atoms with van der Waals surface area (Å²) in [6.07, 6.45) is 1.37. The number of nitrogens with zero attached hydrogens (tertiary/aromatic N) is 1. The molecule has 1 aromatic heterocycles. The van der Waals surface area contributed by atoms with Gasteiger partial charge in [-0.1, -0.05) is 6.07 Å². The minimum absolute atomic E-state index is 0.0500. The zero-order valence-corrected chi connectivity index (χ0v) is 13.4. The van der Waals surface area contributed by atoms with E-state index in [1.54, 1.807) is 24.4 Å². The predicted octanol–water partition coefficient (Wildman–Crippen LogP) is 3.51. The number of nitrogens with two attached hydrogens (primary N) is 1. The van der Waals surface area contributed by atoms with E-state index in [2.05, 4.69) is 20.9 Å². The van der Waals surface area contributed by atoms with Gasteiger partial charge in [-0.15, -0.1) is 0 Å². The van der Waals surface area contributed by atoms with Crippen LogP contribution < -0.4 is 5.73 Å². The molecule has 0 saturated carbocycles. The summed E-state index contributed by atoms with van der Waals surface area (Å²) in [5, 5.41) is 0. The van der Waals surface area contributed by atoms with Crippen molar-refractivity contribution in [2.45, 2.75) is 19.3 Å². The van der Waals surface area contributed by atoms with E-state index in [1.165, 1.54) is 19.1 Å². The Labute approximate surface area is 135 Å². The summed E-state index contributed by atoms with van der Waals surface area (Å²) in [7, 11) is 0. The van der Waals surface area contributed by atoms with Gasteiger partial charge in [0.25, 0.3) is 0 Å². The second-order valence-corrected chi connectivity index (χ2v) is 5.73. The maximum absolute atomic E-state index is 14.1. The Morgan fingerprint density at radius 1 is 1.32 bits per heavy atom. The first-order chi connectivity index (χ1) is 10.4. The van der Waals surface area contributed by atoms with E-state index in [1.807, 2.05) is 0 Å². The van der Waals surface area contributed by atoms with Crippen LogP contribution in [0.1, 0.15) is 35.3 Å². The topological polar surface area (TPSA) is 73.0 Å². The molecule has 0 bridgehead atoms. The lowest BCUT2D eigenvalue weighted by molar-refractivity contribution is -0.118. The van der Waals surface area contributed by atoms with E-state index in [9.17, 15) is 14.0 Å². The molecule has 2 N–H and O–H groups in total. The SMILES string of the molecule is CC(=O)C(CC(=O)c1c(N)ccc(Br)c1F)c1ccccn1. The molecule has 22 heavy (non-hydrogen) atoms. The summed E-state index contributed by atoms with van der Waals surface area (Å²) >= 11 is 3.03. The molecule has 0 spiro atoms. The molecule has 6 heteroatoms. The van der Waals surface area contributed by atoms with Gasteiger partial charge >= 0.3 is 0 Å². The van der Waals surface area contributed by atoms with Gasteiger partial charge < -0.3 is 5.73 Å². The minimum atomic E-state index is -0.716. The number of aromatic nitrogens is 1. The van der Waals surface area contributed by atoms with E-state index >= 15 is 0 Å². The zero-order valence-electron chi connectivity index (χ0n) is 11.8. The highest BCUT2D eigenvalue weighted by atomic mass is 79.9. The van der Waals surface area contributed by atoms with Crippen LogP contribution >= 0.6 is 15.9 Å². The van der Waals surface area contributed by atoms with Crippen molar-refractivity contribution >= 4 is 33.2 Å². The Morgan fingerprint density at radius 3 is 2.64 bits per heavy atom. The summed E-state index contributed by atoms with van der Waals surface area (Å²) in [6.45, 7) is 1.38. The average molecular weight is 365 g/mol. The molecular weight excluding hydrogens is 351 g/mol. The Morgan fingerprint density at radius 2 is 2.05 bits per heavy atom. The third-order valence-corrected chi connectivity index (χ3v) is 3.94. The van der Waals surface area contributed by atoms with E-state index in [4.69, 9.17) is 5.73 Å². The smallest absolute Gasteiger partial charge is 0.169 e. The number of benzene rings is 1. The van der Waals surface area contributed by atoms with Crippen molar-refractivity contribution in [2.75, 3.05) is 5.73 Å². The number of ketones is 2. The van der Waals surface area contributed by atoms with Crippen molar-refractivity contribution in [2.24, 2.45) is 0 Å². The number of Topliss-reactive ketones (excluding diaryl/α,β-unsaturated/α-hetero) is 2. The predicted molar refractivity (Wildman–Crippen MR) is 85.1 cm³/mol. The molecule has 0 aliphatic heterocycles. The van der Waals surface area contributed by atoms with Crippen LogP contribution in [-0.2, 0) is 4.79 Å². The highest BCUT2D eigenvalue weighted by molar-refractivity contribution is 9.10. The first-order valence-corrected chi connectivity index (χ1v) is 7.39. The molecule has 2 rings (SSSR count). The molecular formula is C16H14BrFN2O2. The Kier molecular flexibility index (Phi) is 5.03. The van der Waals surface area contributed by atoms with Gasteiger partial charge in [0.05, 0.1) is 21.6 Å². The van der Waals surface area contributed by atoms with Crippen LogP contribution in [0.3, 0.4) is 0 Å². The lowest BCUT2D eigenvalue weighted by Gasteiger charge is -2.14. The van der Waals surface area contributed by atoms with E-state index in [0.29, 0.717) is 5.69 Å². The van der Waals surface area contributed by atoms with E-state index < -0.39 is 17.5 Å². The van der Waals surface area contributed by atoms with Crippen molar-refractivity contribution in [3.05, 3.63) is 58.1 Å². The van der Waals surface area contributed by atoms with Crippen molar-refractivity contribution in [1.29, 1.82) is 0 Å². The number of pyridine rings is 1. The van der Waals surface area contributed by atoms with E-state index in [0.717, 1.165) is 0 Å². The fourth-order valence-electron chi connectivity index (χ4n) is 2.18. The molecule has 0 fully saturated rings. The van der Waals surface area contributed by atoms with Gasteiger partial charge in [-0.2, -0.15) is 0 Å². The van der Waals surface area contributed by atoms with Crippen LogP contribution in [0.2, 0.25) is 0 Å². The maximum atomic E-state index is 14.1. The lowest BCUT2D eigenvalue weighted by Crippen LogP contribution is -2.17. The molecule has 1 heterocycles. The summed E-state index contributed by atoms with van der Waals surface area (Å²) in [6, 6.07) is 8.00. The van der Waals surface area contributed by atoms with Crippen LogP contribution in [-0.4, -0.2) is 16.6 Å². The second-order valence-electron chi connectivity index (χ2n) is 4.87. The molecule has 0 radical (unpaired) electrons. The average Bonchev–Trinajstić information content (AvgIpc) is 2.49. The van der Waals surface area contributed by atoms with Gasteiger partial charge in [0.2, 0.25) is 0 Å². The van der Waals surface area contributed by atoms with Crippen LogP contribution in [0.4, 0.5) is 10.1 Å². The number of nitrogen functional groups attached to an aromatic ring is 1. The highest BCUT2D eigenvalue weighted by Crippen LogP contribution is 2.28. The largest absolute Gasteiger partial charge is 0.398 e. The lowest BCUT2D eigenvalue weighted by atomic mass is 9.91. The highest BCUT2D eigenvalue weighted by Gasteiger charge is 2.26. The Bertz CT molecular complexity index is 720. The number of halogens is 2. The van der Waals surface area contributed by atoms with Crippen molar-refractivity contribution < 1.29 is 14.0 Å². The fraction of sp³-hybridized carbons (Fsp3) is 0.188. The van der Waals surface area contributed by atoms with Crippen molar-refractivity contribution in [3.8, 4) is 0 Å². The molecule has 114 valence electrons. The standard InChI is InChI=1S/C16H14BrFN2O2/c1-9(21)10(13-4-2-3-7-20-13)8-14(22)15-12(19)6-5-11(17)16(15)18/h2-7,10H,8,19H2,1H3. The molecule has 0 aliphatic carbocycles. The van der Waals surface area contributed by atoms with Crippen LogP contribution in [0.15, 0.2) is 41.0 Å². The third kappa shape index (κ3) is 3.39. The zero-order chi connectivity index (χ0) is 16.3. The molecule has 2 aromatic rings. The number of anilines is 1. The Balaban J connectivity index is 2.34. The third-order valence-electron chi connectivity index (χ3n) is 3.33. The molecule has 0 amide bonds. The minimum Gasteiger partial charge on any atom is -0.398 e. The molecule has 1 aromatic carbocycles. The summed E-state index contributed by atoms with van der Waals surface area (Å²) in [5.74, 6) is -2.16. The van der Waals surface area contributed by atoms with Gasteiger partial charge in [0.15, 0.2) is 5.78 Å². The molecule has 1 atom stereocenters. The van der Waals surface area contributed by atoms with Gasteiger partial charge in [0.1, 0.15) is 11.6 Å². The first kappa shape index (κ1) is 16.3. The molecule has 4 nitrogen and oxygen atoms in total. The normalized spacial score (nSPS) is 12.0. The number of rotatable bonds is 5. The number of hydrogen-bond donors (Lipinski definition) is 1. The summed E-state index contributed by atoms with van der Waals surface area (Å²) in [4.78, 5) is 28.3. The number of hydrogen-bond acceptors (Lipinski definition) is 4. The van der Waals surface area contributed by atoms with Gasteiger partial charge in [-0.3, -0.25) is 14.6 Å². The van der Waals surface area contributed by atoms with Crippen molar-refractivity contribution in [1.82, 2.24) is 4.98 Å². The molecule has 0 saturated heterocycles.